The van der Waals surface area contributed by atoms with E-state index in [0.717, 1.165) is 5.56 Å². The molecule has 0 atom stereocenters. The number of benzene rings is 2. The van der Waals surface area contributed by atoms with E-state index in [-0.39, 0.29) is 10.7 Å². The number of hydrogen-bond donors (Lipinski definition) is 1. The number of aryl methyl sites for hydroxylation is 1. The summed E-state index contributed by atoms with van der Waals surface area (Å²) in [6.07, 6.45) is 0. The van der Waals surface area contributed by atoms with E-state index in [9.17, 15) is 8.42 Å². The summed E-state index contributed by atoms with van der Waals surface area (Å²) < 4.78 is 24.9. The minimum Gasteiger partial charge on any atom is -0.383 e. The maximum Gasteiger partial charge on any atom is 0.226 e. The smallest absolute Gasteiger partial charge is 0.226 e. The van der Waals surface area contributed by atoms with Crippen LogP contribution in [-0.4, -0.2) is 14.3 Å². The van der Waals surface area contributed by atoms with Gasteiger partial charge in [-0.1, -0.05) is 71.2 Å². The lowest BCUT2D eigenvalue weighted by Crippen LogP contribution is -2.16. The molecule has 2 rings (SSSR count). The topological polar surface area (TPSA) is 72.5 Å². The van der Waals surface area contributed by atoms with Gasteiger partial charge in [-0.05, 0) is 19.1 Å². The van der Waals surface area contributed by atoms with E-state index in [4.69, 9.17) is 28.9 Å². The molecule has 0 aliphatic carbocycles. The van der Waals surface area contributed by atoms with E-state index < -0.39 is 19.4 Å². The molecule has 0 unspecified atom stereocenters. The van der Waals surface area contributed by atoms with Crippen LogP contribution in [0.4, 0.5) is 0 Å². The first-order valence-corrected chi connectivity index (χ1v) is 8.83. The molecule has 2 aromatic carbocycles. The van der Waals surface area contributed by atoms with E-state index >= 15 is 0 Å². The second-order valence-corrected chi connectivity index (χ2v) is 7.56. The van der Waals surface area contributed by atoms with Crippen molar-refractivity contribution in [3.8, 4) is 0 Å². The Labute approximate surface area is 145 Å². The highest BCUT2D eigenvalue weighted by Crippen LogP contribution is 2.27. The molecule has 0 saturated carbocycles. The Morgan fingerprint density at radius 3 is 2.09 bits per heavy atom. The van der Waals surface area contributed by atoms with E-state index in [0.29, 0.717) is 5.56 Å². The van der Waals surface area contributed by atoms with Crippen LogP contribution in [0.1, 0.15) is 11.1 Å². The molecule has 0 aliphatic heterocycles. The van der Waals surface area contributed by atoms with Crippen molar-refractivity contribution in [1.82, 2.24) is 0 Å². The summed E-state index contributed by atoms with van der Waals surface area (Å²) in [5, 5.41) is -0.481. The molecule has 7 heteroatoms. The Balaban J connectivity index is 2.52. The first-order chi connectivity index (χ1) is 10.8. The van der Waals surface area contributed by atoms with Gasteiger partial charge in [-0.15, -0.1) is 0 Å². The molecule has 2 aromatic rings. The van der Waals surface area contributed by atoms with Crippen LogP contribution in [0.3, 0.4) is 0 Å². The maximum absolute atomic E-state index is 12.7. The van der Waals surface area contributed by atoms with Crippen LogP contribution in [0.2, 0.25) is 0 Å². The number of halogens is 2. The van der Waals surface area contributed by atoms with Gasteiger partial charge >= 0.3 is 0 Å². The van der Waals surface area contributed by atoms with Crippen LogP contribution in [0, 0.1) is 6.92 Å². The van der Waals surface area contributed by atoms with Gasteiger partial charge in [0.15, 0.2) is 5.03 Å². The van der Waals surface area contributed by atoms with E-state index in [2.05, 4.69) is 4.99 Å². The van der Waals surface area contributed by atoms with Crippen molar-refractivity contribution < 1.29 is 8.42 Å². The zero-order chi connectivity index (χ0) is 17.0. The zero-order valence-electron chi connectivity index (χ0n) is 12.2. The number of aliphatic imine (C=N–C) groups is 1. The molecule has 0 heterocycles. The summed E-state index contributed by atoms with van der Waals surface area (Å²) in [6.45, 7) is 1.85. The summed E-state index contributed by atoms with van der Waals surface area (Å²) in [5.74, 6) is 0.00934. The number of nitrogens with zero attached hydrogens (tertiary/aromatic N) is 1. The third-order valence-corrected chi connectivity index (χ3v) is 5.32. The summed E-state index contributed by atoms with van der Waals surface area (Å²) in [4.78, 5) is 3.98. The Morgan fingerprint density at radius 2 is 1.57 bits per heavy atom. The van der Waals surface area contributed by atoms with Crippen LogP contribution in [0.25, 0.3) is 0 Å². The van der Waals surface area contributed by atoms with Gasteiger partial charge in [0, 0.05) is 5.56 Å². The second kappa shape index (κ2) is 7.17. The summed E-state index contributed by atoms with van der Waals surface area (Å²) in [7, 11) is -3.97. The molecule has 2 N–H and O–H groups in total. The monoisotopic (exact) mass is 368 g/mol. The molecule has 0 amide bonds. The van der Waals surface area contributed by atoms with Gasteiger partial charge in [-0.2, -0.15) is 0 Å². The van der Waals surface area contributed by atoms with E-state index in [1.165, 1.54) is 12.1 Å². The van der Waals surface area contributed by atoms with Crippen molar-refractivity contribution in [3.63, 3.8) is 0 Å². The number of sulfone groups is 1. The second-order valence-electron chi connectivity index (χ2n) is 4.75. The fourth-order valence-electron chi connectivity index (χ4n) is 1.82. The molecule has 0 aromatic heterocycles. The molecule has 0 fully saturated rings. The summed E-state index contributed by atoms with van der Waals surface area (Å²) >= 11 is 11.5. The average molecular weight is 369 g/mol. The van der Waals surface area contributed by atoms with Crippen LogP contribution in [0.5, 0.6) is 0 Å². The molecule has 23 heavy (non-hydrogen) atoms. The average Bonchev–Trinajstić information content (AvgIpc) is 2.53. The third-order valence-electron chi connectivity index (χ3n) is 3.04. The fourth-order valence-corrected chi connectivity index (χ4v) is 3.65. The maximum atomic E-state index is 12.7. The number of rotatable bonds is 4. The molecule has 0 aliphatic rings. The first kappa shape index (κ1) is 17.5. The highest BCUT2D eigenvalue weighted by molar-refractivity contribution is 7.95. The van der Waals surface area contributed by atoms with Crippen molar-refractivity contribution in [3.05, 3.63) is 75.2 Å². The molecule has 4 nitrogen and oxygen atoms in total. The van der Waals surface area contributed by atoms with Gasteiger partial charge in [0.1, 0.15) is 10.3 Å². The minimum absolute atomic E-state index is 0.00934. The highest BCUT2D eigenvalue weighted by atomic mass is 35.5. The van der Waals surface area contributed by atoms with Crippen molar-refractivity contribution in [2.75, 3.05) is 0 Å². The van der Waals surface area contributed by atoms with Crippen molar-refractivity contribution >= 4 is 38.9 Å². The van der Waals surface area contributed by atoms with Gasteiger partial charge in [0.2, 0.25) is 9.84 Å². The Bertz CT molecular complexity index is 855. The molecule has 0 saturated heterocycles. The van der Waals surface area contributed by atoms with Crippen LogP contribution < -0.4 is 5.73 Å². The Morgan fingerprint density at radius 1 is 1.00 bits per heavy atom. The fraction of sp³-hybridized carbons (Fsp3) is 0.0625. The van der Waals surface area contributed by atoms with Crippen LogP contribution in [0.15, 0.2) is 74.0 Å². The molecule has 120 valence electrons. The highest BCUT2D eigenvalue weighted by Gasteiger charge is 2.24. The van der Waals surface area contributed by atoms with Crippen molar-refractivity contribution in [1.29, 1.82) is 0 Å². The lowest BCUT2D eigenvalue weighted by atomic mass is 10.2. The minimum atomic E-state index is -3.97. The Hall–Kier alpha value is -1.82. The van der Waals surface area contributed by atoms with Crippen LogP contribution >= 0.6 is 23.2 Å². The first-order valence-electron chi connectivity index (χ1n) is 6.59. The largest absolute Gasteiger partial charge is 0.383 e. The molecular weight excluding hydrogens is 355 g/mol. The predicted molar refractivity (Wildman–Crippen MR) is 94.3 cm³/mol. The van der Waals surface area contributed by atoms with Gasteiger partial charge in [-0.25, -0.2) is 13.4 Å². The van der Waals surface area contributed by atoms with Gasteiger partial charge < -0.3 is 5.73 Å². The van der Waals surface area contributed by atoms with Gasteiger partial charge in [0.05, 0.1) is 4.90 Å². The van der Waals surface area contributed by atoms with Crippen molar-refractivity contribution in [2.45, 2.75) is 11.8 Å². The Kier molecular flexibility index (Phi) is 5.46. The summed E-state index contributed by atoms with van der Waals surface area (Å²) in [6, 6.07) is 15.0. The summed E-state index contributed by atoms with van der Waals surface area (Å²) in [5.41, 5.74) is 7.36. The predicted octanol–water partition coefficient (Wildman–Crippen LogP) is 3.78. The molecule has 0 radical (unpaired) electrons. The molecule has 0 spiro atoms. The SMILES string of the molecule is Cc1ccc(S(=O)(=O)C(/N=C(\N)c2ccccc2)=C(Cl)Cl)cc1. The molecular formula is C16H14Cl2N2O2S. The quantitative estimate of drug-likeness (QED) is 0.659. The number of hydrogen-bond acceptors (Lipinski definition) is 3. The van der Waals surface area contributed by atoms with E-state index in [1.807, 2.05) is 13.0 Å². The van der Waals surface area contributed by atoms with Gasteiger partial charge in [-0.3, -0.25) is 0 Å². The normalized spacial score (nSPS) is 12.0. The van der Waals surface area contributed by atoms with Gasteiger partial charge in [0.25, 0.3) is 0 Å². The number of nitrogens with two attached hydrogens (primary N) is 1. The van der Waals surface area contributed by atoms with Crippen LogP contribution in [-0.2, 0) is 9.84 Å². The molecule has 0 bridgehead atoms. The zero-order valence-corrected chi connectivity index (χ0v) is 14.5. The van der Waals surface area contributed by atoms with Crippen molar-refractivity contribution in [2.24, 2.45) is 10.7 Å². The standard InChI is InChI=1S/C16H14Cl2N2O2S/c1-11-7-9-13(10-8-11)23(21,22)16(14(17)18)20-15(19)12-5-3-2-4-6-12/h2-10H,1H3,(H2,19,20). The lowest BCUT2D eigenvalue weighted by Gasteiger charge is -2.07. The number of amidine groups is 1. The third kappa shape index (κ3) is 4.13. The lowest BCUT2D eigenvalue weighted by molar-refractivity contribution is 0.601. The van der Waals surface area contributed by atoms with E-state index in [1.54, 1.807) is 36.4 Å².